The van der Waals surface area contributed by atoms with Crippen molar-refractivity contribution in [1.82, 2.24) is 0 Å². The van der Waals surface area contributed by atoms with Crippen LogP contribution >= 0.6 is 19.4 Å². The van der Waals surface area contributed by atoms with Gasteiger partial charge in [0.05, 0.1) is 25.6 Å². The van der Waals surface area contributed by atoms with Crippen LogP contribution in [0, 0.1) is 0 Å². The van der Waals surface area contributed by atoms with Gasteiger partial charge in [-0.2, -0.15) is 0 Å². The molecule has 0 bridgehead atoms. The Hall–Kier alpha value is 0.0400. The molecule has 0 aromatic carbocycles. The van der Waals surface area contributed by atoms with E-state index in [9.17, 15) is 4.57 Å². The molecule has 0 unspecified atom stereocenters. The Balaban J connectivity index is 4.74. The first-order valence-corrected chi connectivity index (χ1v) is 8.08. The first-order valence-electron chi connectivity index (χ1n) is 5.49. The molecule has 0 saturated heterocycles. The molecule has 96 valence electrons. The Morgan fingerprint density at radius 3 is 2.06 bits per heavy atom. The van der Waals surface area contributed by atoms with E-state index >= 15 is 0 Å². The third kappa shape index (κ3) is 6.59. The van der Waals surface area contributed by atoms with E-state index in [1.807, 2.05) is 13.8 Å². The highest BCUT2D eigenvalue weighted by Crippen LogP contribution is 2.51. The van der Waals surface area contributed by atoms with Gasteiger partial charge in [0, 0.05) is 0 Å². The molecule has 4 nitrogen and oxygen atoms in total. The van der Waals surface area contributed by atoms with Crippen LogP contribution in [0.25, 0.3) is 0 Å². The maximum Gasteiger partial charge on any atom is 0.358 e. The van der Waals surface area contributed by atoms with Gasteiger partial charge in [-0.15, -0.1) is 0 Å². The van der Waals surface area contributed by atoms with Crippen molar-refractivity contribution in [3.63, 3.8) is 0 Å². The van der Waals surface area contributed by atoms with E-state index in [0.717, 1.165) is 5.75 Å². The molecule has 0 aromatic rings. The lowest BCUT2D eigenvalue weighted by molar-refractivity contribution is 0.224. The molecule has 0 N–H and O–H groups in total. The van der Waals surface area contributed by atoms with Crippen LogP contribution in [0.3, 0.4) is 0 Å². The summed E-state index contributed by atoms with van der Waals surface area (Å²) in [6.45, 7) is 8.70. The largest absolute Gasteiger partial charge is 0.487 e. The summed E-state index contributed by atoms with van der Waals surface area (Å²) >= 11 is 1.49. The first kappa shape index (κ1) is 16.0. The zero-order valence-electron chi connectivity index (χ0n) is 10.4. The van der Waals surface area contributed by atoms with Crippen molar-refractivity contribution in [3.05, 3.63) is 10.9 Å². The molecule has 0 atom stereocenters. The fourth-order valence-electron chi connectivity index (χ4n) is 1.00. The zero-order valence-corrected chi connectivity index (χ0v) is 12.1. The van der Waals surface area contributed by atoms with Crippen molar-refractivity contribution in [2.45, 2.75) is 27.7 Å². The van der Waals surface area contributed by atoms with Gasteiger partial charge < -0.3 is 13.8 Å². The van der Waals surface area contributed by atoms with Gasteiger partial charge in [-0.1, -0.05) is 18.7 Å². The molecule has 0 amide bonds. The lowest BCUT2D eigenvalue weighted by Crippen LogP contribution is -1.96. The van der Waals surface area contributed by atoms with E-state index in [1.165, 1.54) is 17.6 Å². The molecule has 0 rings (SSSR count). The molecule has 0 spiro atoms. The van der Waals surface area contributed by atoms with Gasteiger partial charge in [0.25, 0.3) is 0 Å². The maximum absolute atomic E-state index is 12.2. The van der Waals surface area contributed by atoms with Gasteiger partial charge in [-0.05, 0) is 26.5 Å². The van der Waals surface area contributed by atoms with Crippen LogP contribution < -0.4 is 0 Å². The molecule has 0 aliphatic heterocycles. The lowest BCUT2D eigenvalue weighted by Gasteiger charge is -2.15. The van der Waals surface area contributed by atoms with Crippen molar-refractivity contribution in [2.24, 2.45) is 0 Å². The average Bonchev–Trinajstić information content (AvgIpc) is 2.18. The summed E-state index contributed by atoms with van der Waals surface area (Å²) in [5.74, 6) is 2.32. The second-order valence-corrected chi connectivity index (χ2v) is 5.81. The van der Waals surface area contributed by atoms with Crippen LogP contribution in [0.5, 0.6) is 0 Å². The van der Waals surface area contributed by atoms with Gasteiger partial charge in [0.2, 0.25) is 0 Å². The minimum atomic E-state index is -3.14. The Morgan fingerprint density at radius 1 is 1.12 bits per heavy atom. The van der Waals surface area contributed by atoms with E-state index in [-0.39, 0.29) is 0 Å². The third-order valence-corrected chi connectivity index (χ3v) is 4.23. The summed E-state index contributed by atoms with van der Waals surface area (Å²) < 4.78 is 27.8. The fraction of sp³-hybridized carbons (Fsp3) is 0.800. The standard InChI is InChI=1S/C10H21O4PS/c1-5-12-10(16-8-4)9-15(11,13-6-2)14-7-3/h9H,5-8H2,1-4H3/b10-9+. The number of hydrogen-bond donors (Lipinski definition) is 0. The summed E-state index contributed by atoms with van der Waals surface area (Å²) in [5.41, 5.74) is 0. The van der Waals surface area contributed by atoms with Gasteiger partial charge in [-0.3, -0.25) is 4.57 Å². The van der Waals surface area contributed by atoms with Crippen molar-refractivity contribution < 1.29 is 18.3 Å². The minimum absolute atomic E-state index is 0.351. The molecule has 0 fully saturated rings. The van der Waals surface area contributed by atoms with E-state index in [0.29, 0.717) is 24.9 Å². The highest BCUT2D eigenvalue weighted by Gasteiger charge is 2.22. The van der Waals surface area contributed by atoms with Gasteiger partial charge in [-0.25, -0.2) is 0 Å². The monoisotopic (exact) mass is 268 g/mol. The Morgan fingerprint density at radius 2 is 1.69 bits per heavy atom. The van der Waals surface area contributed by atoms with E-state index in [2.05, 4.69) is 0 Å². The van der Waals surface area contributed by atoms with Crippen molar-refractivity contribution >= 4 is 19.4 Å². The molecule has 0 radical (unpaired) electrons. The van der Waals surface area contributed by atoms with Crippen molar-refractivity contribution in [3.8, 4) is 0 Å². The summed E-state index contributed by atoms with van der Waals surface area (Å²) in [6.07, 6.45) is 0. The molecule has 0 saturated carbocycles. The molecule has 0 aliphatic rings. The number of hydrogen-bond acceptors (Lipinski definition) is 5. The number of ether oxygens (including phenoxy) is 1. The first-order chi connectivity index (χ1) is 7.61. The van der Waals surface area contributed by atoms with Crippen molar-refractivity contribution in [2.75, 3.05) is 25.6 Å². The summed E-state index contributed by atoms with van der Waals surface area (Å²) in [6, 6.07) is 0. The normalized spacial score (nSPS) is 12.9. The number of rotatable bonds is 9. The van der Waals surface area contributed by atoms with Crippen LogP contribution in [-0.2, 0) is 18.3 Å². The molecule has 6 heteroatoms. The quantitative estimate of drug-likeness (QED) is 0.469. The fourth-order valence-corrected chi connectivity index (χ4v) is 3.45. The van der Waals surface area contributed by atoms with Gasteiger partial charge >= 0.3 is 7.60 Å². The molecule has 0 aliphatic carbocycles. The lowest BCUT2D eigenvalue weighted by atomic mass is 10.9. The highest BCUT2D eigenvalue weighted by molar-refractivity contribution is 8.03. The van der Waals surface area contributed by atoms with Gasteiger partial charge in [0.15, 0.2) is 5.09 Å². The van der Waals surface area contributed by atoms with Crippen molar-refractivity contribution in [1.29, 1.82) is 0 Å². The number of thioether (sulfide) groups is 1. The van der Waals surface area contributed by atoms with E-state index < -0.39 is 7.60 Å². The molecular weight excluding hydrogens is 247 g/mol. The summed E-state index contributed by atoms with van der Waals surface area (Å²) in [4.78, 5) is 0. The van der Waals surface area contributed by atoms with E-state index in [1.54, 1.807) is 13.8 Å². The second-order valence-electron chi connectivity index (χ2n) is 2.69. The van der Waals surface area contributed by atoms with Crippen LogP contribution in [0.15, 0.2) is 10.9 Å². The molecule has 16 heavy (non-hydrogen) atoms. The molecular formula is C10H21O4PS. The zero-order chi connectivity index (χ0) is 12.4. The predicted octanol–water partition coefficient (Wildman–Crippen LogP) is 3.84. The van der Waals surface area contributed by atoms with Crippen LogP contribution in [0.2, 0.25) is 0 Å². The van der Waals surface area contributed by atoms with Crippen LogP contribution in [0.1, 0.15) is 27.7 Å². The Kier molecular flexibility index (Phi) is 9.13. The topological polar surface area (TPSA) is 44.8 Å². The molecule has 0 heterocycles. The summed E-state index contributed by atoms with van der Waals surface area (Å²) in [5, 5.41) is 0.607. The molecule has 0 aromatic heterocycles. The smallest absolute Gasteiger partial charge is 0.358 e. The highest BCUT2D eigenvalue weighted by atomic mass is 32.2. The summed E-state index contributed by atoms with van der Waals surface area (Å²) in [7, 11) is -3.14. The maximum atomic E-state index is 12.2. The average molecular weight is 268 g/mol. The third-order valence-electron chi connectivity index (χ3n) is 1.45. The van der Waals surface area contributed by atoms with Crippen LogP contribution in [0.4, 0.5) is 0 Å². The second kappa shape index (κ2) is 9.11. The predicted molar refractivity (Wildman–Crippen MR) is 68.7 cm³/mol. The SMILES string of the molecule is CCO/C(=C\P(=O)(OCC)OCC)SCC. The van der Waals surface area contributed by atoms with Crippen LogP contribution in [-0.4, -0.2) is 25.6 Å². The Bertz CT molecular complexity index is 237. The van der Waals surface area contributed by atoms with Gasteiger partial charge in [0.1, 0.15) is 0 Å². The van der Waals surface area contributed by atoms with E-state index in [4.69, 9.17) is 13.8 Å². The Labute approximate surface area is 102 Å². The minimum Gasteiger partial charge on any atom is -0.487 e.